The van der Waals surface area contributed by atoms with Crippen molar-refractivity contribution < 1.29 is 9.90 Å². The number of carbonyl (C=O) groups excluding carboxylic acids is 1. The van der Waals surface area contributed by atoms with E-state index in [1.807, 2.05) is 12.1 Å². The third-order valence-electron chi connectivity index (χ3n) is 5.64. The van der Waals surface area contributed by atoms with Gasteiger partial charge in [-0.15, -0.1) is 0 Å². The van der Waals surface area contributed by atoms with Crippen molar-refractivity contribution in [2.45, 2.75) is 71.3 Å². The molecule has 0 spiro atoms. The van der Waals surface area contributed by atoms with Crippen LogP contribution in [0.5, 0.6) is 5.75 Å². The van der Waals surface area contributed by atoms with Crippen molar-refractivity contribution in [3.05, 3.63) is 29.8 Å². The SMILES string of the molecule is CCC1CCN[C@@H](Cc2ccc(O)cc2)C(=O)CCC(CC)CC1. The summed E-state index contributed by atoms with van der Waals surface area (Å²) in [4.78, 5) is 12.7. The molecule has 1 aliphatic rings. The normalized spacial score (nSPS) is 26.8. The number of carbonyl (C=O) groups is 1. The Kier molecular flexibility index (Phi) is 7.77. The van der Waals surface area contributed by atoms with E-state index in [1.165, 1.54) is 25.7 Å². The number of hydrogen-bond donors (Lipinski definition) is 2. The van der Waals surface area contributed by atoms with Crippen molar-refractivity contribution in [2.75, 3.05) is 6.54 Å². The monoisotopic (exact) mass is 331 g/mol. The van der Waals surface area contributed by atoms with Gasteiger partial charge in [0.1, 0.15) is 11.5 Å². The van der Waals surface area contributed by atoms with Crippen LogP contribution >= 0.6 is 0 Å². The fourth-order valence-electron chi connectivity index (χ4n) is 3.73. The molecule has 0 radical (unpaired) electrons. The molecule has 0 aromatic heterocycles. The summed E-state index contributed by atoms with van der Waals surface area (Å²) in [5.74, 6) is 2.08. The average molecular weight is 332 g/mol. The number of benzene rings is 1. The van der Waals surface area contributed by atoms with E-state index < -0.39 is 0 Å². The fraction of sp³-hybridized carbons (Fsp3) is 0.667. The average Bonchev–Trinajstić information content (AvgIpc) is 2.63. The van der Waals surface area contributed by atoms with Crippen LogP contribution in [0.3, 0.4) is 0 Å². The highest BCUT2D eigenvalue weighted by Crippen LogP contribution is 2.25. The number of hydrogen-bond acceptors (Lipinski definition) is 3. The van der Waals surface area contributed by atoms with E-state index in [-0.39, 0.29) is 11.8 Å². The molecule has 0 amide bonds. The van der Waals surface area contributed by atoms with Gasteiger partial charge in [-0.25, -0.2) is 0 Å². The zero-order valence-corrected chi connectivity index (χ0v) is 15.3. The Morgan fingerprint density at radius 3 is 2.25 bits per heavy atom. The molecule has 1 aromatic rings. The van der Waals surface area contributed by atoms with E-state index in [0.717, 1.165) is 30.9 Å². The molecule has 1 saturated heterocycles. The Bertz CT molecular complexity index is 497. The molecule has 3 heteroatoms. The van der Waals surface area contributed by atoms with Gasteiger partial charge in [-0.3, -0.25) is 4.79 Å². The molecule has 2 unspecified atom stereocenters. The van der Waals surface area contributed by atoms with Crippen LogP contribution in [0.1, 0.15) is 64.4 Å². The first-order valence-electron chi connectivity index (χ1n) is 9.66. The molecule has 2 N–H and O–H groups in total. The first-order valence-corrected chi connectivity index (χ1v) is 9.66. The summed E-state index contributed by atoms with van der Waals surface area (Å²) in [6.07, 6.45) is 8.57. The van der Waals surface area contributed by atoms with Crippen LogP contribution in [0.25, 0.3) is 0 Å². The summed E-state index contributed by atoms with van der Waals surface area (Å²) in [6, 6.07) is 7.14. The maximum atomic E-state index is 12.7. The molecular formula is C21H33NO2. The molecule has 0 saturated carbocycles. The number of ketones is 1. The fourth-order valence-corrected chi connectivity index (χ4v) is 3.73. The molecule has 1 fully saturated rings. The summed E-state index contributed by atoms with van der Waals surface area (Å²) in [6.45, 7) is 5.45. The largest absolute Gasteiger partial charge is 0.508 e. The van der Waals surface area contributed by atoms with Crippen LogP contribution in [0.4, 0.5) is 0 Å². The zero-order chi connectivity index (χ0) is 17.4. The van der Waals surface area contributed by atoms with Gasteiger partial charge >= 0.3 is 0 Å². The minimum Gasteiger partial charge on any atom is -0.508 e. The Morgan fingerprint density at radius 1 is 1.00 bits per heavy atom. The van der Waals surface area contributed by atoms with E-state index in [2.05, 4.69) is 19.2 Å². The Balaban J connectivity index is 2.04. The minimum absolute atomic E-state index is 0.0948. The van der Waals surface area contributed by atoms with E-state index >= 15 is 0 Å². The molecule has 0 aliphatic carbocycles. The lowest BCUT2D eigenvalue weighted by molar-refractivity contribution is -0.121. The lowest BCUT2D eigenvalue weighted by Gasteiger charge is -2.19. The van der Waals surface area contributed by atoms with Crippen molar-refractivity contribution in [1.29, 1.82) is 0 Å². The van der Waals surface area contributed by atoms with Gasteiger partial charge in [-0.05, 0) is 55.3 Å². The highest BCUT2D eigenvalue weighted by atomic mass is 16.3. The van der Waals surface area contributed by atoms with Gasteiger partial charge in [0.25, 0.3) is 0 Å². The third kappa shape index (κ3) is 5.94. The lowest BCUT2D eigenvalue weighted by atomic mass is 9.88. The molecule has 1 aromatic carbocycles. The number of nitrogens with one attached hydrogen (secondary N) is 1. The highest BCUT2D eigenvalue weighted by Gasteiger charge is 2.22. The zero-order valence-electron chi connectivity index (χ0n) is 15.3. The molecule has 1 aliphatic heterocycles. The van der Waals surface area contributed by atoms with E-state index in [1.54, 1.807) is 12.1 Å². The van der Waals surface area contributed by atoms with Crippen molar-refractivity contribution >= 4 is 5.78 Å². The van der Waals surface area contributed by atoms with Gasteiger partial charge in [0.15, 0.2) is 0 Å². The maximum absolute atomic E-state index is 12.7. The van der Waals surface area contributed by atoms with Gasteiger partial charge in [-0.2, -0.15) is 0 Å². The molecule has 1 heterocycles. The molecule has 24 heavy (non-hydrogen) atoms. The smallest absolute Gasteiger partial charge is 0.150 e. The standard InChI is InChI=1S/C21H33NO2/c1-3-16-5-6-17(4-2)13-14-22-20(21(24)12-9-16)15-18-7-10-19(23)11-8-18/h7-8,10-11,16-17,20,22-23H,3-6,9,12-15H2,1-2H3/t16?,17?,20-/m0/s1. The molecule has 3 atom stereocenters. The summed E-state index contributed by atoms with van der Waals surface area (Å²) >= 11 is 0. The van der Waals surface area contributed by atoms with Gasteiger partial charge in [0, 0.05) is 6.42 Å². The van der Waals surface area contributed by atoms with E-state index in [4.69, 9.17) is 0 Å². The number of Topliss-reactive ketones (excluding diaryl/α,β-unsaturated/α-hetero) is 1. The van der Waals surface area contributed by atoms with E-state index in [9.17, 15) is 9.90 Å². The molecule has 3 nitrogen and oxygen atoms in total. The Morgan fingerprint density at radius 2 is 1.62 bits per heavy atom. The second-order valence-electron chi connectivity index (χ2n) is 7.30. The Hall–Kier alpha value is -1.35. The van der Waals surface area contributed by atoms with Crippen molar-refractivity contribution in [3.63, 3.8) is 0 Å². The van der Waals surface area contributed by atoms with Crippen molar-refractivity contribution in [2.24, 2.45) is 11.8 Å². The van der Waals surface area contributed by atoms with Crippen molar-refractivity contribution in [3.8, 4) is 5.75 Å². The first-order chi connectivity index (χ1) is 11.6. The third-order valence-corrected chi connectivity index (χ3v) is 5.64. The summed E-state index contributed by atoms with van der Waals surface area (Å²) in [7, 11) is 0. The number of phenolic OH excluding ortho intramolecular Hbond substituents is 1. The van der Waals surface area contributed by atoms with Crippen LogP contribution in [-0.2, 0) is 11.2 Å². The van der Waals surface area contributed by atoms with Gasteiger partial charge in [0.05, 0.1) is 6.04 Å². The lowest BCUT2D eigenvalue weighted by Crippen LogP contribution is -2.39. The Labute approximate surface area is 146 Å². The van der Waals surface area contributed by atoms with Crippen LogP contribution in [0, 0.1) is 11.8 Å². The minimum atomic E-state index is -0.0948. The van der Waals surface area contributed by atoms with Crippen LogP contribution < -0.4 is 5.32 Å². The van der Waals surface area contributed by atoms with Gasteiger partial charge in [0.2, 0.25) is 0 Å². The first kappa shape index (κ1) is 19.0. The molecule has 0 bridgehead atoms. The summed E-state index contributed by atoms with van der Waals surface area (Å²) < 4.78 is 0. The highest BCUT2D eigenvalue weighted by molar-refractivity contribution is 5.84. The van der Waals surface area contributed by atoms with Gasteiger partial charge in [-0.1, -0.05) is 51.7 Å². The van der Waals surface area contributed by atoms with E-state index in [0.29, 0.717) is 24.5 Å². The second-order valence-corrected chi connectivity index (χ2v) is 7.30. The van der Waals surface area contributed by atoms with Crippen LogP contribution in [0.15, 0.2) is 24.3 Å². The number of aromatic hydroxyl groups is 1. The number of rotatable bonds is 4. The molecule has 134 valence electrons. The molecule has 2 rings (SSSR count). The van der Waals surface area contributed by atoms with Crippen molar-refractivity contribution in [1.82, 2.24) is 5.32 Å². The van der Waals surface area contributed by atoms with Crippen LogP contribution in [-0.4, -0.2) is 23.5 Å². The molecular weight excluding hydrogens is 298 g/mol. The summed E-state index contributed by atoms with van der Waals surface area (Å²) in [5.41, 5.74) is 1.10. The topological polar surface area (TPSA) is 49.3 Å². The number of phenols is 1. The predicted octanol–water partition coefficient (Wildman–Crippen LogP) is 4.48. The summed E-state index contributed by atoms with van der Waals surface area (Å²) in [5, 5.41) is 12.9. The predicted molar refractivity (Wildman–Crippen MR) is 99.3 cm³/mol. The quantitative estimate of drug-likeness (QED) is 0.855. The van der Waals surface area contributed by atoms with Gasteiger partial charge < -0.3 is 10.4 Å². The second kappa shape index (κ2) is 9.83. The maximum Gasteiger partial charge on any atom is 0.150 e. The van der Waals surface area contributed by atoms with Crippen LogP contribution in [0.2, 0.25) is 0 Å².